The summed E-state index contributed by atoms with van der Waals surface area (Å²) in [5.74, 6) is 0.840. The second-order valence-corrected chi connectivity index (χ2v) is 3.18. The summed E-state index contributed by atoms with van der Waals surface area (Å²) in [6.45, 7) is 0. The zero-order valence-corrected chi connectivity index (χ0v) is 6.34. The highest BCUT2D eigenvalue weighted by Crippen LogP contribution is 2.32. The van der Waals surface area contributed by atoms with Crippen LogP contribution in [0.25, 0.3) is 0 Å². The summed E-state index contributed by atoms with van der Waals surface area (Å²) in [5.41, 5.74) is 1.94. The van der Waals surface area contributed by atoms with Gasteiger partial charge in [-0.05, 0) is 31.2 Å². The van der Waals surface area contributed by atoms with E-state index in [0.29, 0.717) is 0 Å². The maximum absolute atomic E-state index is 10.5. The first-order valence-corrected chi connectivity index (χ1v) is 4.01. The number of carbonyl (C=O) groups excluding carboxylic acids is 1. The summed E-state index contributed by atoms with van der Waals surface area (Å²) in [5, 5.41) is 0. The Morgan fingerprint density at radius 1 is 1.64 bits per heavy atom. The van der Waals surface area contributed by atoms with Gasteiger partial charge in [0.05, 0.1) is 0 Å². The van der Waals surface area contributed by atoms with Gasteiger partial charge in [-0.1, -0.05) is 0 Å². The lowest BCUT2D eigenvalue weighted by atomic mass is 10.1. The van der Waals surface area contributed by atoms with Gasteiger partial charge in [0, 0.05) is 17.5 Å². The molecule has 0 bridgehead atoms. The molecule has 1 saturated carbocycles. The molecule has 0 aromatic carbocycles. The van der Waals surface area contributed by atoms with Crippen molar-refractivity contribution < 1.29 is 4.79 Å². The number of aromatic amines is 1. The van der Waals surface area contributed by atoms with Crippen molar-refractivity contribution in [1.82, 2.24) is 4.98 Å². The maximum Gasteiger partial charge on any atom is 0.151 e. The number of nitrogens with one attached hydrogen (secondary N) is 1. The van der Waals surface area contributed by atoms with Crippen molar-refractivity contribution >= 4 is 6.29 Å². The Hall–Kier alpha value is -1.05. The lowest BCUT2D eigenvalue weighted by molar-refractivity contribution is 0.112. The zero-order chi connectivity index (χ0) is 7.68. The largest absolute Gasteiger partial charge is 0.364 e. The molecular formula is C9H11NO. The number of hydrogen-bond donors (Lipinski definition) is 1. The smallest absolute Gasteiger partial charge is 0.151 e. The quantitative estimate of drug-likeness (QED) is 0.653. The normalized spacial score (nSPS) is 16.7. The molecule has 0 spiro atoms. The van der Waals surface area contributed by atoms with E-state index in [9.17, 15) is 4.79 Å². The number of H-pyrrole nitrogens is 1. The predicted octanol–water partition coefficient (Wildman–Crippen LogP) is 1.78. The van der Waals surface area contributed by atoms with Crippen molar-refractivity contribution in [2.75, 3.05) is 0 Å². The summed E-state index contributed by atoms with van der Waals surface area (Å²) in [7, 11) is 0. The van der Waals surface area contributed by atoms with E-state index in [-0.39, 0.29) is 0 Å². The summed E-state index contributed by atoms with van der Waals surface area (Å²) < 4.78 is 0. The minimum absolute atomic E-state index is 0.830. The molecule has 11 heavy (non-hydrogen) atoms. The van der Waals surface area contributed by atoms with E-state index in [0.717, 1.165) is 29.9 Å². The van der Waals surface area contributed by atoms with Crippen LogP contribution in [0.3, 0.4) is 0 Å². The average molecular weight is 149 g/mol. The number of aromatic nitrogens is 1. The van der Waals surface area contributed by atoms with Crippen molar-refractivity contribution in [2.24, 2.45) is 5.92 Å². The summed E-state index contributed by atoms with van der Waals surface area (Å²) in [6.07, 6.45) is 6.48. The van der Waals surface area contributed by atoms with E-state index in [4.69, 9.17) is 0 Å². The van der Waals surface area contributed by atoms with Crippen LogP contribution >= 0.6 is 0 Å². The first-order valence-electron chi connectivity index (χ1n) is 4.01. The molecule has 2 nitrogen and oxygen atoms in total. The highest BCUT2D eigenvalue weighted by molar-refractivity contribution is 5.76. The van der Waals surface area contributed by atoms with Crippen LogP contribution in [0.15, 0.2) is 12.3 Å². The van der Waals surface area contributed by atoms with Crippen LogP contribution in [0.4, 0.5) is 0 Å². The molecule has 1 heterocycles. The molecular weight excluding hydrogens is 138 g/mol. The second kappa shape index (κ2) is 2.53. The van der Waals surface area contributed by atoms with Crippen LogP contribution in [0.5, 0.6) is 0 Å². The fraction of sp³-hybridized carbons (Fsp3) is 0.444. The van der Waals surface area contributed by atoms with Gasteiger partial charge in [-0.15, -0.1) is 0 Å². The monoisotopic (exact) mass is 149 g/mol. The van der Waals surface area contributed by atoms with Gasteiger partial charge >= 0.3 is 0 Å². The van der Waals surface area contributed by atoms with Gasteiger partial charge < -0.3 is 4.98 Å². The van der Waals surface area contributed by atoms with Crippen LogP contribution in [0.2, 0.25) is 0 Å². The van der Waals surface area contributed by atoms with Crippen LogP contribution in [-0.4, -0.2) is 11.3 Å². The minimum atomic E-state index is 0.830. The highest BCUT2D eigenvalue weighted by Gasteiger charge is 2.22. The molecule has 1 N–H and O–H groups in total. The third-order valence-corrected chi connectivity index (χ3v) is 2.19. The molecule has 0 unspecified atom stereocenters. The molecule has 1 aromatic rings. The maximum atomic E-state index is 10.5. The number of carbonyl (C=O) groups is 1. The van der Waals surface area contributed by atoms with E-state index in [2.05, 4.69) is 4.98 Å². The van der Waals surface area contributed by atoms with E-state index in [1.807, 2.05) is 12.3 Å². The third-order valence-electron chi connectivity index (χ3n) is 2.19. The van der Waals surface area contributed by atoms with Crippen LogP contribution in [0, 0.1) is 5.92 Å². The molecule has 1 aliphatic rings. The summed E-state index contributed by atoms with van der Waals surface area (Å²) in [4.78, 5) is 13.6. The topological polar surface area (TPSA) is 32.9 Å². The van der Waals surface area contributed by atoms with Gasteiger partial charge in [-0.25, -0.2) is 0 Å². The molecule has 0 atom stereocenters. The standard InChI is InChI=1S/C9H11NO/c11-6-8-3-4-10-9(8)5-7-1-2-7/h3-4,6-7,10H,1-2,5H2. The molecule has 1 fully saturated rings. The SMILES string of the molecule is O=Cc1cc[nH]c1CC1CC1. The Kier molecular flexibility index (Phi) is 1.53. The highest BCUT2D eigenvalue weighted by atomic mass is 16.1. The van der Waals surface area contributed by atoms with Crippen LogP contribution in [-0.2, 0) is 6.42 Å². The van der Waals surface area contributed by atoms with Crippen molar-refractivity contribution in [3.05, 3.63) is 23.5 Å². The first kappa shape index (κ1) is 6.65. The lowest BCUT2D eigenvalue weighted by Crippen LogP contribution is -1.91. The molecule has 58 valence electrons. The van der Waals surface area contributed by atoms with Gasteiger partial charge in [-0.3, -0.25) is 4.79 Å². The van der Waals surface area contributed by atoms with Crippen molar-refractivity contribution in [2.45, 2.75) is 19.3 Å². The first-order chi connectivity index (χ1) is 5.40. The van der Waals surface area contributed by atoms with Crippen molar-refractivity contribution in [3.63, 3.8) is 0 Å². The van der Waals surface area contributed by atoms with E-state index in [1.165, 1.54) is 12.8 Å². The van der Waals surface area contributed by atoms with Gasteiger partial charge in [0.1, 0.15) is 0 Å². The molecule has 0 amide bonds. The van der Waals surface area contributed by atoms with Gasteiger partial charge in [0.2, 0.25) is 0 Å². The third kappa shape index (κ3) is 1.34. The molecule has 1 aliphatic carbocycles. The lowest BCUT2D eigenvalue weighted by Gasteiger charge is -1.94. The van der Waals surface area contributed by atoms with Crippen LogP contribution in [0.1, 0.15) is 28.9 Å². The summed E-state index contributed by atoms with van der Waals surface area (Å²) in [6, 6.07) is 1.84. The number of rotatable bonds is 3. The Morgan fingerprint density at radius 3 is 3.09 bits per heavy atom. The number of aldehydes is 1. The van der Waals surface area contributed by atoms with E-state index in [1.54, 1.807) is 0 Å². The molecule has 2 rings (SSSR count). The predicted molar refractivity (Wildman–Crippen MR) is 42.6 cm³/mol. The molecule has 2 heteroatoms. The van der Waals surface area contributed by atoms with Crippen molar-refractivity contribution in [3.8, 4) is 0 Å². The average Bonchev–Trinajstić information content (AvgIpc) is 2.68. The fourth-order valence-electron chi connectivity index (χ4n) is 1.31. The Labute approximate surface area is 65.6 Å². The summed E-state index contributed by atoms with van der Waals surface area (Å²) >= 11 is 0. The zero-order valence-electron chi connectivity index (χ0n) is 6.34. The fourth-order valence-corrected chi connectivity index (χ4v) is 1.31. The van der Waals surface area contributed by atoms with Crippen molar-refractivity contribution in [1.29, 1.82) is 0 Å². The molecule has 0 radical (unpaired) electrons. The van der Waals surface area contributed by atoms with E-state index >= 15 is 0 Å². The van der Waals surface area contributed by atoms with Gasteiger partial charge in [0.25, 0.3) is 0 Å². The Morgan fingerprint density at radius 2 is 2.45 bits per heavy atom. The molecule has 0 saturated heterocycles. The second-order valence-electron chi connectivity index (χ2n) is 3.18. The van der Waals surface area contributed by atoms with Gasteiger partial charge in [0.15, 0.2) is 6.29 Å². The number of hydrogen-bond acceptors (Lipinski definition) is 1. The Balaban J connectivity index is 2.13. The van der Waals surface area contributed by atoms with E-state index < -0.39 is 0 Å². The van der Waals surface area contributed by atoms with Gasteiger partial charge in [-0.2, -0.15) is 0 Å². The minimum Gasteiger partial charge on any atom is -0.364 e. The van der Waals surface area contributed by atoms with Crippen LogP contribution < -0.4 is 0 Å². The molecule has 0 aliphatic heterocycles. The Bertz CT molecular complexity index is 260. The molecule has 1 aromatic heterocycles.